The predicted octanol–water partition coefficient (Wildman–Crippen LogP) is 1.71. The molecule has 0 unspecified atom stereocenters. The minimum absolute atomic E-state index is 0.0171. The minimum Gasteiger partial charge on any atom is -0.409 e. The normalized spacial score (nSPS) is 12.1. The Hall–Kier alpha value is -2.22. The number of aromatic amines is 1. The molecule has 0 saturated heterocycles. The first-order chi connectivity index (χ1) is 9.93. The van der Waals surface area contributed by atoms with Crippen molar-refractivity contribution in [1.29, 1.82) is 0 Å². The number of nitrogens with two attached hydrogens (primary N) is 1. The average molecular weight is 307 g/mol. The van der Waals surface area contributed by atoms with Crippen LogP contribution in [0.3, 0.4) is 0 Å². The zero-order valence-electron chi connectivity index (χ0n) is 12.0. The Bertz CT molecular complexity index is 732. The van der Waals surface area contributed by atoms with Crippen LogP contribution in [0.2, 0.25) is 0 Å². The van der Waals surface area contributed by atoms with Gasteiger partial charge in [0.25, 0.3) is 0 Å². The van der Waals surface area contributed by atoms with Gasteiger partial charge in [0.05, 0.1) is 0 Å². The van der Waals surface area contributed by atoms with E-state index in [9.17, 15) is 4.79 Å². The van der Waals surface area contributed by atoms with Gasteiger partial charge >= 0.3 is 5.69 Å². The number of oxime groups is 1. The Morgan fingerprint density at radius 3 is 2.86 bits per heavy atom. The molecule has 0 saturated carbocycles. The average Bonchev–Trinajstić information content (AvgIpc) is 2.81. The molecule has 8 heteroatoms. The minimum atomic E-state index is -0.259. The van der Waals surface area contributed by atoms with Crippen molar-refractivity contribution >= 4 is 17.6 Å². The van der Waals surface area contributed by atoms with Gasteiger partial charge in [0, 0.05) is 16.5 Å². The molecular formula is C13H17N5O2S. The van der Waals surface area contributed by atoms with E-state index >= 15 is 0 Å². The second-order valence-corrected chi connectivity index (χ2v) is 5.87. The summed E-state index contributed by atoms with van der Waals surface area (Å²) in [5.41, 5.74) is 7.05. The number of benzene rings is 1. The van der Waals surface area contributed by atoms with Crippen LogP contribution in [0.25, 0.3) is 0 Å². The molecule has 7 nitrogen and oxygen atoms in total. The number of amidine groups is 1. The first kappa shape index (κ1) is 15.2. The molecule has 0 spiro atoms. The lowest BCUT2D eigenvalue weighted by Gasteiger charge is -2.11. The molecule has 2 rings (SSSR count). The zero-order valence-corrected chi connectivity index (χ0v) is 12.8. The van der Waals surface area contributed by atoms with Crippen molar-refractivity contribution in [2.24, 2.45) is 10.9 Å². The smallest absolute Gasteiger partial charge is 0.344 e. The summed E-state index contributed by atoms with van der Waals surface area (Å²) in [6.07, 6.45) is 0. The van der Waals surface area contributed by atoms with Crippen LogP contribution in [0.1, 0.15) is 31.0 Å². The van der Waals surface area contributed by atoms with Gasteiger partial charge in [-0.1, -0.05) is 16.8 Å². The monoisotopic (exact) mass is 307 g/mol. The highest BCUT2D eigenvalue weighted by Crippen LogP contribution is 2.30. The number of H-pyrrole nitrogens is 1. The number of rotatable bonds is 4. The van der Waals surface area contributed by atoms with Crippen molar-refractivity contribution in [2.75, 3.05) is 0 Å². The second-order valence-electron chi connectivity index (χ2n) is 4.86. The highest BCUT2D eigenvalue weighted by Gasteiger charge is 2.16. The standard InChI is InChI=1S/C13H17N5O2S/c1-7(2)18-12(19)15-16-13(18)21-10-5-4-8(3)6-9(10)11(14)17-20/h4-7,20H,1-3H3,(H2,14,17)(H,15,19). The van der Waals surface area contributed by atoms with Crippen LogP contribution in [-0.4, -0.2) is 25.8 Å². The lowest BCUT2D eigenvalue weighted by atomic mass is 10.1. The topological polar surface area (TPSA) is 109 Å². The number of aryl methyl sites for hydroxylation is 1. The van der Waals surface area contributed by atoms with Gasteiger partial charge in [0.2, 0.25) is 0 Å². The molecule has 0 aliphatic rings. The summed E-state index contributed by atoms with van der Waals surface area (Å²) < 4.78 is 1.56. The summed E-state index contributed by atoms with van der Waals surface area (Å²) in [5.74, 6) is 0.0233. The van der Waals surface area contributed by atoms with Crippen LogP contribution in [0.4, 0.5) is 0 Å². The molecule has 0 fully saturated rings. The van der Waals surface area contributed by atoms with E-state index in [0.717, 1.165) is 10.5 Å². The third kappa shape index (κ3) is 3.10. The zero-order chi connectivity index (χ0) is 15.6. The van der Waals surface area contributed by atoms with Crippen molar-refractivity contribution in [3.63, 3.8) is 0 Å². The van der Waals surface area contributed by atoms with E-state index in [2.05, 4.69) is 15.4 Å². The van der Waals surface area contributed by atoms with E-state index < -0.39 is 0 Å². The summed E-state index contributed by atoms with van der Waals surface area (Å²) in [5, 5.41) is 18.9. The van der Waals surface area contributed by atoms with E-state index in [1.165, 1.54) is 11.8 Å². The fourth-order valence-corrected chi connectivity index (χ4v) is 2.99. The van der Waals surface area contributed by atoms with Crippen molar-refractivity contribution < 1.29 is 5.21 Å². The van der Waals surface area contributed by atoms with Gasteiger partial charge in [-0.2, -0.15) is 0 Å². The number of hydrogen-bond acceptors (Lipinski definition) is 5. The van der Waals surface area contributed by atoms with E-state index in [4.69, 9.17) is 10.9 Å². The largest absolute Gasteiger partial charge is 0.409 e. The van der Waals surface area contributed by atoms with Crippen LogP contribution in [0, 0.1) is 6.92 Å². The van der Waals surface area contributed by atoms with Gasteiger partial charge in [0.1, 0.15) is 0 Å². The van der Waals surface area contributed by atoms with Crippen molar-refractivity contribution in [3.05, 3.63) is 39.8 Å². The van der Waals surface area contributed by atoms with E-state index in [0.29, 0.717) is 10.7 Å². The number of nitrogens with one attached hydrogen (secondary N) is 1. The van der Waals surface area contributed by atoms with Crippen LogP contribution in [-0.2, 0) is 0 Å². The molecule has 112 valence electrons. The molecule has 1 heterocycles. The van der Waals surface area contributed by atoms with Gasteiger partial charge in [-0.25, -0.2) is 9.89 Å². The molecule has 0 aliphatic carbocycles. The molecule has 2 aromatic rings. The first-order valence-corrected chi connectivity index (χ1v) is 7.19. The summed E-state index contributed by atoms with van der Waals surface area (Å²) in [6.45, 7) is 5.72. The Morgan fingerprint density at radius 1 is 1.52 bits per heavy atom. The molecular weight excluding hydrogens is 290 g/mol. The molecule has 0 bridgehead atoms. The molecule has 0 amide bonds. The third-order valence-electron chi connectivity index (χ3n) is 2.91. The predicted molar refractivity (Wildman–Crippen MR) is 81.0 cm³/mol. The summed E-state index contributed by atoms with van der Waals surface area (Å²) in [6, 6.07) is 5.58. The van der Waals surface area contributed by atoms with Crippen molar-refractivity contribution in [1.82, 2.24) is 14.8 Å². The number of hydrogen-bond donors (Lipinski definition) is 3. The Morgan fingerprint density at radius 2 is 2.24 bits per heavy atom. The van der Waals surface area contributed by atoms with Gasteiger partial charge in [0.15, 0.2) is 11.0 Å². The quantitative estimate of drug-likeness (QED) is 0.345. The van der Waals surface area contributed by atoms with Crippen LogP contribution < -0.4 is 11.4 Å². The molecule has 1 aromatic carbocycles. The Balaban J connectivity index is 2.48. The number of nitrogens with zero attached hydrogens (tertiary/aromatic N) is 3. The van der Waals surface area contributed by atoms with Crippen LogP contribution in [0.5, 0.6) is 0 Å². The highest BCUT2D eigenvalue weighted by atomic mass is 32.2. The lowest BCUT2D eigenvalue weighted by molar-refractivity contribution is 0.318. The van der Waals surface area contributed by atoms with Gasteiger partial charge < -0.3 is 10.9 Å². The molecule has 1 aromatic heterocycles. The molecule has 4 N–H and O–H groups in total. The molecule has 21 heavy (non-hydrogen) atoms. The summed E-state index contributed by atoms with van der Waals surface area (Å²) in [4.78, 5) is 12.5. The van der Waals surface area contributed by atoms with Crippen molar-refractivity contribution in [3.8, 4) is 0 Å². The molecule has 0 radical (unpaired) electrons. The fourth-order valence-electron chi connectivity index (χ4n) is 1.90. The molecule has 0 atom stereocenters. The van der Waals surface area contributed by atoms with Crippen molar-refractivity contribution in [2.45, 2.75) is 36.9 Å². The summed E-state index contributed by atoms with van der Waals surface area (Å²) >= 11 is 1.29. The van der Waals surface area contributed by atoms with Crippen LogP contribution in [0.15, 0.2) is 38.2 Å². The SMILES string of the molecule is Cc1ccc(Sc2n[nH]c(=O)n2C(C)C)c(/C(N)=N/O)c1. The maximum Gasteiger partial charge on any atom is 0.344 e. The summed E-state index contributed by atoms with van der Waals surface area (Å²) in [7, 11) is 0. The Labute approximate surface area is 125 Å². The van der Waals surface area contributed by atoms with E-state index in [1.807, 2.05) is 39.0 Å². The van der Waals surface area contributed by atoms with E-state index in [-0.39, 0.29) is 17.6 Å². The van der Waals surface area contributed by atoms with E-state index in [1.54, 1.807) is 4.57 Å². The van der Waals surface area contributed by atoms with Gasteiger partial charge in [-0.3, -0.25) is 4.57 Å². The van der Waals surface area contributed by atoms with Gasteiger partial charge in [-0.05, 0) is 44.7 Å². The second kappa shape index (κ2) is 6.04. The van der Waals surface area contributed by atoms with Gasteiger partial charge in [-0.15, -0.1) is 5.10 Å². The molecule has 0 aliphatic heterocycles. The van der Waals surface area contributed by atoms with Crippen LogP contribution >= 0.6 is 11.8 Å². The fraction of sp³-hybridized carbons (Fsp3) is 0.308. The first-order valence-electron chi connectivity index (χ1n) is 6.37. The lowest BCUT2D eigenvalue weighted by Crippen LogP contribution is -2.19. The Kier molecular flexibility index (Phi) is 4.37. The maximum atomic E-state index is 11.7. The third-order valence-corrected chi connectivity index (χ3v) is 3.95. The maximum absolute atomic E-state index is 11.7. The number of aromatic nitrogens is 3. The highest BCUT2D eigenvalue weighted by molar-refractivity contribution is 7.99.